The average Bonchev–Trinajstić information content (AvgIpc) is 2.42. The Morgan fingerprint density at radius 1 is 1.47 bits per heavy atom. The Morgan fingerprint density at radius 2 is 2.21 bits per heavy atom. The molecule has 19 heavy (non-hydrogen) atoms. The number of aromatic hydroxyl groups is 1. The van der Waals surface area contributed by atoms with Crippen LogP contribution < -0.4 is 0 Å². The third-order valence-electron chi connectivity index (χ3n) is 3.19. The zero-order chi connectivity index (χ0) is 13.7. The molecule has 0 saturated carbocycles. The van der Waals surface area contributed by atoms with E-state index < -0.39 is 0 Å². The fourth-order valence-electron chi connectivity index (χ4n) is 2.18. The van der Waals surface area contributed by atoms with E-state index in [-0.39, 0.29) is 17.8 Å². The van der Waals surface area contributed by atoms with Gasteiger partial charge in [0.2, 0.25) is 0 Å². The number of morpholine rings is 1. The predicted molar refractivity (Wildman–Crippen MR) is 69.8 cm³/mol. The molecule has 1 aromatic rings. The molecule has 5 heteroatoms. The summed E-state index contributed by atoms with van der Waals surface area (Å²) in [5, 5.41) is 9.25. The van der Waals surface area contributed by atoms with Gasteiger partial charge in [-0.15, -0.1) is 0 Å². The Morgan fingerprint density at radius 3 is 2.89 bits per heavy atom. The second-order valence-corrected chi connectivity index (χ2v) is 4.67. The Balaban J connectivity index is 1.87. The molecule has 1 aromatic carbocycles. The van der Waals surface area contributed by atoms with Crippen LogP contribution in [0, 0.1) is 0 Å². The van der Waals surface area contributed by atoms with E-state index in [1.165, 1.54) is 7.11 Å². The number of hydrogen-bond acceptors (Lipinski definition) is 5. The van der Waals surface area contributed by atoms with Gasteiger partial charge in [-0.05, 0) is 17.7 Å². The number of esters is 1. The van der Waals surface area contributed by atoms with Gasteiger partial charge in [-0.2, -0.15) is 0 Å². The first kappa shape index (κ1) is 13.8. The lowest BCUT2D eigenvalue weighted by Gasteiger charge is -2.32. The summed E-state index contributed by atoms with van der Waals surface area (Å²) >= 11 is 0. The van der Waals surface area contributed by atoms with Gasteiger partial charge >= 0.3 is 5.97 Å². The lowest BCUT2D eigenvalue weighted by molar-refractivity contribution is -0.145. The summed E-state index contributed by atoms with van der Waals surface area (Å²) in [6.45, 7) is 2.98. The highest BCUT2D eigenvalue weighted by Gasteiger charge is 2.23. The lowest BCUT2D eigenvalue weighted by atomic mass is 10.1. The van der Waals surface area contributed by atoms with Crippen LogP contribution in [0.1, 0.15) is 12.0 Å². The first-order valence-corrected chi connectivity index (χ1v) is 6.36. The molecule has 1 unspecified atom stereocenters. The molecule has 1 saturated heterocycles. The van der Waals surface area contributed by atoms with Crippen molar-refractivity contribution in [3.8, 4) is 5.75 Å². The van der Waals surface area contributed by atoms with Gasteiger partial charge in [0, 0.05) is 19.6 Å². The maximum atomic E-state index is 11.2. The molecule has 1 heterocycles. The van der Waals surface area contributed by atoms with Crippen molar-refractivity contribution in [2.24, 2.45) is 0 Å². The third-order valence-corrected chi connectivity index (χ3v) is 3.19. The molecule has 104 valence electrons. The number of nitrogens with zero attached hydrogens (tertiary/aromatic N) is 1. The first-order chi connectivity index (χ1) is 9.17. The van der Waals surface area contributed by atoms with E-state index in [1.54, 1.807) is 12.1 Å². The normalized spacial score (nSPS) is 20.2. The zero-order valence-corrected chi connectivity index (χ0v) is 11.0. The standard InChI is InChI=1S/C14H19NO4/c1-18-14(17)8-13-10-15(6-7-19-13)9-11-2-4-12(16)5-3-11/h2-5,13,16H,6-10H2,1H3. The summed E-state index contributed by atoms with van der Waals surface area (Å²) in [6.07, 6.45) is 0.195. The number of phenolic OH excluding ortho intramolecular Hbond substituents is 1. The van der Waals surface area contributed by atoms with Crippen LogP contribution in [-0.4, -0.2) is 48.9 Å². The smallest absolute Gasteiger partial charge is 0.308 e. The number of carbonyl (C=O) groups is 1. The molecule has 1 atom stereocenters. The van der Waals surface area contributed by atoms with Crippen LogP contribution in [0.3, 0.4) is 0 Å². The quantitative estimate of drug-likeness (QED) is 0.828. The van der Waals surface area contributed by atoms with Crippen molar-refractivity contribution in [1.29, 1.82) is 0 Å². The van der Waals surface area contributed by atoms with Gasteiger partial charge in [-0.25, -0.2) is 0 Å². The fraction of sp³-hybridized carbons (Fsp3) is 0.500. The Labute approximate surface area is 112 Å². The second-order valence-electron chi connectivity index (χ2n) is 4.67. The number of ether oxygens (including phenoxy) is 2. The molecule has 0 spiro atoms. The molecule has 1 aliphatic rings. The van der Waals surface area contributed by atoms with Gasteiger partial charge in [0.25, 0.3) is 0 Å². The maximum Gasteiger partial charge on any atom is 0.308 e. The molecule has 1 N–H and O–H groups in total. The molecule has 1 fully saturated rings. The van der Waals surface area contributed by atoms with Crippen LogP contribution in [0.25, 0.3) is 0 Å². The summed E-state index contributed by atoms with van der Waals surface area (Å²) in [7, 11) is 1.39. The molecule has 0 aromatic heterocycles. The van der Waals surface area contributed by atoms with Gasteiger partial charge in [0.1, 0.15) is 5.75 Å². The molecule has 2 rings (SSSR count). The van der Waals surface area contributed by atoms with Crippen molar-refractivity contribution in [1.82, 2.24) is 4.90 Å². The van der Waals surface area contributed by atoms with Gasteiger partial charge in [-0.1, -0.05) is 12.1 Å². The second kappa shape index (κ2) is 6.54. The summed E-state index contributed by atoms with van der Waals surface area (Å²) in [5.74, 6) is 0.0331. The van der Waals surface area contributed by atoms with Gasteiger partial charge in [-0.3, -0.25) is 9.69 Å². The number of methoxy groups -OCH3 is 1. The molecule has 0 radical (unpaired) electrons. The lowest BCUT2D eigenvalue weighted by Crippen LogP contribution is -2.42. The molecular formula is C14H19NO4. The monoisotopic (exact) mass is 265 g/mol. The van der Waals surface area contributed by atoms with E-state index in [0.29, 0.717) is 13.0 Å². The minimum atomic E-state index is -0.239. The van der Waals surface area contributed by atoms with Crippen molar-refractivity contribution in [3.63, 3.8) is 0 Å². The fourth-order valence-corrected chi connectivity index (χ4v) is 2.18. The van der Waals surface area contributed by atoms with Crippen LogP contribution in [0.5, 0.6) is 5.75 Å². The molecule has 5 nitrogen and oxygen atoms in total. The number of rotatable bonds is 4. The average molecular weight is 265 g/mol. The molecule has 0 amide bonds. The topological polar surface area (TPSA) is 59.0 Å². The largest absolute Gasteiger partial charge is 0.508 e. The van der Waals surface area contributed by atoms with E-state index in [4.69, 9.17) is 4.74 Å². The van der Waals surface area contributed by atoms with Gasteiger partial charge < -0.3 is 14.6 Å². The van der Waals surface area contributed by atoms with Crippen molar-refractivity contribution >= 4 is 5.97 Å². The first-order valence-electron chi connectivity index (χ1n) is 6.36. The van der Waals surface area contributed by atoms with Crippen molar-refractivity contribution in [2.45, 2.75) is 19.1 Å². The summed E-state index contributed by atoms with van der Waals surface area (Å²) < 4.78 is 10.2. The Kier molecular flexibility index (Phi) is 4.76. The molecule has 1 aliphatic heterocycles. The van der Waals surface area contributed by atoms with E-state index in [0.717, 1.165) is 25.2 Å². The summed E-state index contributed by atoms with van der Waals surface area (Å²) in [4.78, 5) is 13.5. The number of hydrogen-bond donors (Lipinski definition) is 1. The number of phenols is 1. The van der Waals surface area contributed by atoms with Crippen molar-refractivity contribution in [2.75, 3.05) is 26.8 Å². The highest BCUT2D eigenvalue weighted by molar-refractivity contribution is 5.69. The van der Waals surface area contributed by atoms with Crippen LogP contribution in [0.4, 0.5) is 0 Å². The molecule has 0 aliphatic carbocycles. The van der Waals surface area contributed by atoms with Crippen molar-refractivity contribution < 1.29 is 19.4 Å². The molecule has 0 bridgehead atoms. The van der Waals surface area contributed by atoms with Gasteiger partial charge in [0.15, 0.2) is 0 Å². The van der Waals surface area contributed by atoms with Crippen LogP contribution >= 0.6 is 0 Å². The Hall–Kier alpha value is -1.59. The van der Waals surface area contributed by atoms with Crippen LogP contribution in [0.2, 0.25) is 0 Å². The predicted octanol–water partition coefficient (Wildman–Crippen LogP) is 1.16. The third kappa shape index (κ3) is 4.22. The van der Waals surface area contributed by atoms with Crippen molar-refractivity contribution in [3.05, 3.63) is 29.8 Å². The van der Waals surface area contributed by atoms with E-state index in [1.807, 2.05) is 12.1 Å². The Bertz CT molecular complexity index is 418. The summed E-state index contributed by atoms with van der Waals surface area (Å²) in [6, 6.07) is 7.17. The van der Waals surface area contributed by atoms with E-state index in [9.17, 15) is 9.90 Å². The highest BCUT2D eigenvalue weighted by Crippen LogP contribution is 2.15. The minimum Gasteiger partial charge on any atom is -0.508 e. The van der Waals surface area contributed by atoms with Crippen LogP contribution in [-0.2, 0) is 20.8 Å². The van der Waals surface area contributed by atoms with Crippen LogP contribution in [0.15, 0.2) is 24.3 Å². The van der Waals surface area contributed by atoms with E-state index in [2.05, 4.69) is 9.64 Å². The number of benzene rings is 1. The summed E-state index contributed by atoms with van der Waals surface area (Å²) in [5.41, 5.74) is 1.14. The SMILES string of the molecule is COC(=O)CC1CN(Cc2ccc(O)cc2)CCO1. The molecular weight excluding hydrogens is 246 g/mol. The maximum absolute atomic E-state index is 11.2. The van der Waals surface area contributed by atoms with E-state index >= 15 is 0 Å². The minimum absolute atomic E-state index is 0.0988. The highest BCUT2D eigenvalue weighted by atomic mass is 16.5. The van der Waals surface area contributed by atoms with Gasteiger partial charge in [0.05, 0.1) is 26.2 Å². The number of carbonyl (C=O) groups excluding carboxylic acids is 1. The zero-order valence-electron chi connectivity index (χ0n) is 11.0.